The molecule has 0 atom stereocenters. The molecule has 0 unspecified atom stereocenters. The van der Waals surface area contributed by atoms with Crippen LogP contribution in [0.1, 0.15) is 117 Å². The fourth-order valence-electron chi connectivity index (χ4n) is 5.03. The largest absolute Gasteiger partial charge is 0.378 e. The SMILES string of the molecule is CCCCCCCCCCN1CCOCCOCCN(CCCCCCCCCC)CCOCCOCC1. The second kappa shape index (κ2) is 29.7. The van der Waals surface area contributed by atoms with E-state index in [0.717, 1.165) is 65.7 Å². The number of ether oxygens (including phenoxy) is 4. The molecule has 228 valence electrons. The van der Waals surface area contributed by atoms with Crippen molar-refractivity contribution in [3.8, 4) is 0 Å². The Balaban J connectivity index is 2.21. The van der Waals surface area contributed by atoms with Crippen LogP contribution in [0, 0.1) is 0 Å². The first kappa shape index (κ1) is 35.8. The maximum Gasteiger partial charge on any atom is 0.0701 e. The Morgan fingerprint density at radius 3 is 0.895 bits per heavy atom. The van der Waals surface area contributed by atoms with Gasteiger partial charge in [-0.25, -0.2) is 0 Å². The highest BCUT2D eigenvalue weighted by atomic mass is 16.5. The maximum atomic E-state index is 5.90. The third kappa shape index (κ3) is 24.8. The molecule has 1 aliphatic heterocycles. The van der Waals surface area contributed by atoms with Gasteiger partial charge < -0.3 is 18.9 Å². The lowest BCUT2D eigenvalue weighted by atomic mass is 10.1. The molecule has 0 aliphatic carbocycles. The number of hydrogen-bond donors (Lipinski definition) is 0. The minimum atomic E-state index is 0.684. The zero-order valence-electron chi connectivity index (χ0n) is 25.7. The van der Waals surface area contributed by atoms with Crippen molar-refractivity contribution in [1.82, 2.24) is 9.80 Å². The summed E-state index contributed by atoms with van der Waals surface area (Å²) >= 11 is 0. The summed E-state index contributed by atoms with van der Waals surface area (Å²) in [5, 5.41) is 0. The molecule has 0 saturated carbocycles. The molecule has 1 fully saturated rings. The molecule has 0 aromatic carbocycles. The van der Waals surface area contributed by atoms with Gasteiger partial charge in [-0.3, -0.25) is 9.80 Å². The van der Waals surface area contributed by atoms with Crippen molar-refractivity contribution in [3.63, 3.8) is 0 Å². The van der Waals surface area contributed by atoms with Gasteiger partial charge in [0.25, 0.3) is 0 Å². The van der Waals surface area contributed by atoms with Crippen LogP contribution >= 0.6 is 0 Å². The van der Waals surface area contributed by atoms with E-state index >= 15 is 0 Å². The average Bonchev–Trinajstić information content (AvgIpc) is 2.92. The van der Waals surface area contributed by atoms with Crippen LogP contribution in [0.15, 0.2) is 0 Å². The van der Waals surface area contributed by atoms with Gasteiger partial charge in [-0.1, -0.05) is 104 Å². The molecule has 1 heterocycles. The van der Waals surface area contributed by atoms with Crippen molar-refractivity contribution >= 4 is 0 Å². The third-order valence-electron chi connectivity index (χ3n) is 7.61. The highest BCUT2D eigenvalue weighted by molar-refractivity contribution is 4.60. The van der Waals surface area contributed by atoms with Crippen LogP contribution in [0.4, 0.5) is 0 Å². The van der Waals surface area contributed by atoms with Crippen molar-refractivity contribution in [2.75, 3.05) is 92.1 Å². The van der Waals surface area contributed by atoms with Gasteiger partial charge in [0.2, 0.25) is 0 Å². The molecule has 1 saturated heterocycles. The topological polar surface area (TPSA) is 43.4 Å². The van der Waals surface area contributed by atoms with E-state index in [1.165, 1.54) is 103 Å². The normalized spacial score (nSPS) is 18.8. The summed E-state index contributed by atoms with van der Waals surface area (Å²) in [6.07, 6.45) is 21.8. The summed E-state index contributed by atoms with van der Waals surface area (Å²) in [6, 6.07) is 0. The predicted molar refractivity (Wildman–Crippen MR) is 161 cm³/mol. The van der Waals surface area contributed by atoms with Crippen LogP contribution in [-0.2, 0) is 18.9 Å². The van der Waals surface area contributed by atoms with E-state index in [-0.39, 0.29) is 0 Å². The number of rotatable bonds is 18. The van der Waals surface area contributed by atoms with Crippen molar-refractivity contribution in [2.24, 2.45) is 0 Å². The fourth-order valence-corrected chi connectivity index (χ4v) is 5.03. The van der Waals surface area contributed by atoms with E-state index in [0.29, 0.717) is 26.4 Å². The van der Waals surface area contributed by atoms with Gasteiger partial charge in [-0.15, -0.1) is 0 Å². The molecular weight excluding hydrogens is 476 g/mol. The molecule has 0 aromatic rings. The molecule has 38 heavy (non-hydrogen) atoms. The molecule has 1 aliphatic rings. The summed E-state index contributed by atoms with van der Waals surface area (Å²) in [5.41, 5.74) is 0. The Bertz CT molecular complexity index is 395. The first-order valence-corrected chi connectivity index (χ1v) is 16.6. The summed E-state index contributed by atoms with van der Waals surface area (Å²) in [7, 11) is 0. The van der Waals surface area contributed by atoms with E-state index in [4.69, 9.17) is 18.9 Å². The van der Waals surface area contributed by atoms with Gasteiger partial charge in [0, 0.05) is 26.2 Å². The van der Waals surface area contributed by atoms with Gasteiger partial charge in [0.15, 0.2) is 0 Å². The average molecular weight is 543 g/mol. The van der Waals surface area contributed by atoms with Crippen molar-refractivity contribution in [1.29, 1.82) is 0 Å². The fraction of sp³-hybridized carbons (Fsp3) is 1.00. The summed E-state index contributed by atoms with van der Waals surface area (Å²) in [4.78, 5) is 5.01. The molecule has 6 heteroatoms. The smallest absolute Gasteiger partial charge is 0.0701 e. The monoisotopic (exact) mass is 543 g/mol. The minimum Gasteiger partial charge on any atom is -0.378 e. The van der Waals surface area contributed by atoms with Crippen molar-refractivity contribution in [3.05, 3.63) is 0 Å². The van der Waals surface area contributed by atoms with Gasteiger partial charge >= 0.3 is 0 Å². The lowest BCUT2D eigenvalue weighted by molar-refractivity contribution is 0.00776. The zero-order valence-corrected chi connectivity index (χ0v) is 25.7. The molecule has 0 N–H and O–H groups in total. The molecule has 6 nitrogen and oxygen atoms in total. The number of nitrogens with zero attached hydrogens (tertiary/aromatic N) is 2. The van der Waals surface area contributed by atoms with Gasteiger partial charge in [-0.05, 0) is 25.9 Å². The molecule has 0 bridgehead atoms. The minimum absolute atomic E-state index is 0.684. The van der Waals surface area contributed by atoms with Crippen molar-refractivity contribution in [2.45, 2.75) is 117 Å². The van der Waals surface area contributed by atoms with E-state index in [1.54, 1.807) is 0 Å². The Morgan fingerprint density at radius 2 is 0.605 bits per heavy atom. The van der Waals surface area contributed by atoms with E-state index < -0.39 is 0 Å². The van der Waals surface area contributed by atoms with Crippen LogP contribution in [0.5, 0.6) is 0 Å². The van der Waals surface area contributed by atoms with Crippen LogP contribution in [0.25, 0.3) is 0 Å². The molecule has 1 rings (SSSR count). The van der Waals surface area contributed by atoms with E-state index in [2.05, 4.69) is 23.6 Å². The van der Waals surface area contributed by atoms with Crippen LogP contribution < -0.4 is 0 Å². The quantitative estimate of drug-likeness (QED) is 0.175. The van der Waals surface area contributed by atoms with Gasteiger partial charge in [0.1, 0.15) is 0 Å². The highest BCUT2D eigenvalue weighted by Gasteiger charge is 2.08. The number of unbranched alkanes of at least 4 members (excludes halogenated alkanes) is 14. The highest BCUT2D eigenvalue weighted by Crippen LogP contribution is 2.10. The van der Waals surface area contributed by atoms with Gasteiger partial charge in [0.05, 0.1) is 52.9 Å². The molecular formula is C32H66N2O4. The first-order valence-electron chi connectivity index (χ1n) is 16.6. The number of hydrogen-bond acceptors (Lipinski definition) is 6. The molecule has 0 aromatic heterocycles. The lowest BCUT2D eigenvalue weighted by Crippen LogP contribution is -2.34. The predicted octanol–water partition coefficient (Wildman–Crippen LogP) is 6.95. The van der Waals surface area contributed by atoms with Crippen LogP contribution in [-0.4, -0.2) is 102 Å². The Morgan fingerprint density at radius 1 is 0.342 bits per heavy atom. The lowest BCUT2D eigenvalue weighted by Gasteiger charge is -2.23. The molecule has 0 spiro atoms. The summed E-state index contributed by atoms with van der Waals surface area (Å²) < 4.78 is 23.6. The summed E-state index contributed by atoms with van der Waals surface area (Å²) in [5.74, 6) is 0. The maximum absolute atomic E-state index is 5.90. The second-order valence-electron chi connectivity index (χ2n) is 11.1. The zero-order chi connectivity index (χ0) is 27.2. The Labute approximate surface area is 237 Å². The van der Waals surface area contributed by atoms with Gasteiger partial charge in [-0.2, -0.15) is 0 Å². The summed E-state index contributed by atoms with van der Waals surface area (Å²) in [6.45, 7) is 16.6. The van der Waals surface area contributed by atoms with Crippen LogP contribution in [0.2, 0.25) is 0 Å². The molecule has 0 amide bonds. The third-order valence-corrected chi connectivity index (χ3v) is 7.61. The Kier molecular flexibility index (Phi) is 28.0. The standard InChI is InChI=1S/C32H66N2O4/c1-3-5-7-9-11-13-15-17-19-33-21-25-35-29-31-37-27-23-34(24-28-38-32-30-36-26-22-33)20-18-16-14-12-10-8-6-4-2/h3-32H2,1-2H3. The van der Waals surface area contributed by atoms with E-state index in [9.17, 15) is 0 Å². The van der Waals surface area contributed by atoms with Crippen molar-refractivity contribution < 1.29 is 18.9 Å². The van der Waals surface area contributed by atoms with E-state index in [1.807, 2.05) is 0 Å². The van der Waals surface area contributed by atoms with Crippen LogP contribution in [0.3, 0.4) is 0 Å². The Hall–Kier alpha value is -0.240. The first-order chi connectivity index (χ1) is 18.9. The molecule has 0 radical (unpaired) electrons. The second-order valence-corrected chi connectivity index (χ2v) is 11.1.